The van der Waals surface area contributed by atoms with Crippen LogP contribution in [0.3, 0.4) is 0 Å². The molecule has 1 aromatic heterocycles. The maximum atomic E-state index is 12.8. The van der Waals surface area contributed by atoms with E-state index in [1.807, 2.05) is 19.1 Å². The number of ether oxygens (including phenoxy) is 1. The molecule has 5 nitrogen and oxygen atoms in total. The molecule has 0 spiro atoms. The van der Waals surface area contributed by atoms with Crippen molar-refractivity contribution >= 4 is 41.6 Å². The minimum atomic E-state index is -4.48. The summed E-state index contributed by atoms with van der Waals surface area (Å²) in [7, 11) is -4.48. The van der Waals surface area contributed by atoms with E-state index in [1.54, 1.807) is 12.1 Å². The zero-order valence-electron chi connectivity index (χ0n) is 12.3. The van der Waals surface area contributed by atoms with Crippen LogP contribution < -0.4 is 10.2 Å². The van der Waals surface area contributed by atoms with Crippen molar-refractivity contribution in [1.29, 1.82) is 0 Å². The van der Waals surface area contributed by atoms with Crippen LogP contribution in [0.25, 0.3) is 20.2 Å². The molecule has 0 amide bonds. The van der Waals surface area contributed by atoms with Crippen molar-refractivity contribution in [2.75, 3.05) is 6.61 Å². The molecule has 0 aliphatic carbocycles. The van der Waals surface area contributed by atoms with Crippen LogP contribution in [0, 0.1) is 0 Å². The summed E-state index contributed by atoms with van der Waals surface area (Å²) >= 11 is 1.38. The van der Waals surface area contributed by atoms with Gasteiger partial charge in [0.05, 0.1) is 12.0 Å². The third-order valence-electron chi connectivity index (χ3n) is 3.39. The van der Waals surface area contributed by atoms with Crippen molar-refractivity contribution in [1.82, 2.24) is 0 Å². The van der Waals surface area contributed by atoms with Gasteiger partial charge in [0, 0.05) is 14.8 Å². The van der Waals surface area contributed by atoms with Crippen LogP contribution in [-0.4, -0.2) is 19.6 Å². The van der Waals surface area contributed by atoms with Crippen molar-refractivity contribution in [3.63, 3.8) is 0 Å². The highest BCUT2D eigenvalue weighted by atomic mass is 32.2. The Balaban J connectivity index is 2.48. The van der Waals surface area contributed by atoms with Gasteiger partial charge in [-0.15, -0.1) is 11.3 Å². The third kappa shape index (κ3) is 2.83. The second-order valence-electron chi connectivity index (χ2n) is 5.02. The minimum absolute atomic E-state index is 0.0705. The number of hydrogen-bond donors (Lipinski definition) is 1. The first-order valence-electron chi connectivity index (χ1n) is 7.02. The maximum Gasteiger partial charge on any atom is 0.298 e. The molecule has 3 rings (SSSR count). The molecule has 0 aliphatic rings. The second kappa shape index (κ2) is 5.92. The van der Waals surface area contributed by atoms with Crippen LogP contribution in [0.4, 0.5) is 0 Å². The van der Waals surface area contributed by atoms with Crippen LogP contribution in [-0.2, 0) is 10.1 Å². The van der Waals surface area contributed by atoms with E-state index < -0.39 is 10.1 Å². The van der Waals surface area contributed by atoms with Crippen LogP contribution in [0.15, 0.2) is 46.1 Å². The summed E-state index contributed by atoms with van der Waals surface area (Å²) in [5.41, 5.74) is -0.300. The van der Waals surface area contributed by atoms with Crippen LogP contribution in [0.5, 0.6) is 5.75 Å². The van der Waals surface area contributed by atoms with Gasteiger partial charge in [-0.3, -0.25) is 9.35 Å². The minimum Gasteiger partial charge on any atom is -0.491 e. The highest BCUT2D eigenvalue weighted by Crippen LogP contribution is 2.35. The van der Waals surface area contributed by atoms with Crippen molar-refractivity contribution in [2.45, 2.75) is 18.2 Å². The first kappa shape index (κ1) is 15.9. The fourth-order valence-electron chi connectivity index (χ4n) is 2.39. The van der Waals surface area contributed by atoms with Gasteiger partial charge in [-0.1, -0.05) is 19.1 Å². The Morgan fingerprint density at radius 2 is 1.87 bits per heavy atom. The lowest BCUT2D eigenvalue weighted by Gasteiger charge is -2.12. The van der Waals surface area contributed by atoms with E-state index in [1.165, 1.54) is 23.5 Å². The first-order valence-corrected chi connectivity index (χ1v) is 9.28. The molecular formula is C16H14O5S2. The zero-order valence-corrected chi connectivity index (χ0v) is 13.9. The predicted molar refractivity (Wildman–Crippen MR) is 91.2 cm³/mol. The Morgan fingerprint density at radius 3 is 2.57 bits per heavy atom. The number of fused-ring (bicyclic) bond motifs is 2. The van der Waals surface area contributed by atoms with E-state index in [2.05, 4.69) is 0 Å². The molecule has 120 valence electrons. The lowest BCUT2D eigenvalue weighted by Crippen LogP contribution is -2.09. The molecule has 0 saturated carbocycles. The molecule has 0 aliphatic heterocycles. The predicted octanol–water partition coefficient (Wildman–Crippen LogP) is 3.45. The molecule has 0 bridgehead atoms. The molecule has 7 heteroatoms. The monoisotopic (exact) mass is 350 g/mol. The van der Waals surface area contributed by atoms with Crippen molar-refractivity contribution < 1.29 is 17.7 Å². The molecule has 0 radical (unpaired) electrons. The normalized spacial score (nSPS) is 11.9. The average Bonchev–Trinajstić information content (AvgIpc) is 2.51. The molecule has 0 unspecified atom stereocenters. The Bertz CT molecular complexity index is 1050. The summed E-state index contributed by atoms with van der Waals surface area (Å²) in [4.78, 5) is 12.4. The quantitative estimate of drug-likeness (QED) is 0.576. The molecule has 1 heterocycles. The standard InChI is InChI=1S/C16H14O5S2/c1-2-9-21-16-13(23(18,19)20)8-7-12-14(16)15(17)10-5-3-4-6-11(10)22-12/h3-8H,2,9H2,1H3,(H,18,19,20). The van der Waals surface area contributed by atoms with Gasteiger partial charge in [-0.05, 0) is 30.7 Å². The summed E-state index contributed by atoms with van der Waals surface area (Å²) in [6.45, 7) is 2.12. The summed E-state index contributed by atoms with van der Waals surface area (Å²) in [6.07, 6.45) is 0.645. The lowest BCUT2D eigenvalue weighted by atomic mass is 10.1. The van der Waals surface area contributed by atoms with E-state index in [9.17, 15) is 17.8 Å². The van der Waals surface area contributed by atoms with E-state index >= 15 is 0 Å². The van der Waals surface area contributed by atoms with E-state index in [0.717, 1.165) is 4.70 Å². The number of rotatable bonds is 4. The van der Waals surface area contributed by atoms with E-state index in [-0.39, 0.29) is 28.1 Å². The van der Waals surface area contributed by atoms with E-state index in [4.69, 9.17) is 4.74 Å². The Hall–Kier alpha value is -1.96. The van der Waals surface area contributed by atoms with Gasteiger partial charge in [-0.25, -0.2) is 0 Å². The van der Waals surface area contributed by atoms with Crippen LogP contribution in [0.1, 0.15) is 13.3 Å². The van der Waals surface area contributed by atoms with Gasteiger partial charge in [-0.2, -0.15) is 8.42 Å². The lowest BCUT2D eigenvalue weighted by molar-refractivity contribution is 0.311. The average molecular weight is 350 g/mol. The Labute approximate surface area is 136 Å². The smallest absolute Gasteiger partial charge is 0.298 e. The molecule has 1 N–H and O–H groups in total. The molecule has 2 aromatic carbocycles. The fraction of sp³-hybridized carbons (Fsp3) is 0.188. The van der Waals surface area contributed by atoms with Gasteiger partial charge in [0.2, 0.25) is 0 Å². The highest BCUT2D eigenvalue weighted by molar-refractivity contribution is 7.86. The van der Waals surface area contributed by atoms with Gasteiger partial charge in [0.1, 0.15) is 4.90 Å². The SMILES string of the molecule is CCCOc1c(S(=O)(=O)O)ccc2sc3ccccc3c(=O)c12. The van der Waals surface area contributed by atoms with Gasteiger partial charge in [0.25, 0.3) is 10.1 Å². The summed E-state index contributed by atoms with van der Waals surface area (Å²) in [5.74, 6) is -0.0705. The molecule has 3 aromatic rings. The maximum absolute atomic E-state index is 12.8. The van der Waals surface area contributed by atoms with Crippen molar-refractivity contribution in [3.8, 4) is 5.75 Å². The fourth-order valence-corrected chi connectivity index (χ4v) is 4.11. The molecule has 23 heavy (non-hydrogen) atoms. The first-order chi connectivity index (χ1) is 10.9. The van der Waals surface area contributed by atoms with Gasteiger partial charge in [0.15, 0.2) is 11.2 Å². The Morgan fingerprint density at radius 1 is 1.13 bits per heavy atom. The highest BCUT2D eigenvalue weighted by Gasteiger charge is 2.22. The molecule has 0 saturated heterocycles. The molecular weight excluding hydrogens is 336 g/mol. The van der Waals surface area contributed by atoms with Crippen LogP contribution >= 0.6 is 11.3 Å². The second-order valence-corrected chi connectivity index (χ2v) is 7.49. The number of hydrogen-bond acceptors (Lipinski definition) is 5. The zero-order chi connectivity index (χ0) is 16.6. The molecule has 0 fully saturated rings. The third-order valence-corrected chi connectivity index (χ3v) is 5.40. The Kier molecular flexibility index (Phi) is 4.09. The van der Waals surface area contributed by atoms with E-state index in [0.29, 0.717) is 16.5 Å². The largest absolute Gasteiger partial charge is 0.491 e. The van der Waals surface area contributed by atoms with Crippen molar-refractivity contribution in [2.24, 2.45) is 0 Å². The summed E-state index contributed by atoms with van der Waals surface area (Å²) < 4.78 is 39.6. The van der Waals surface area contributed by atoms with Gasteiger partial charge < -0.3 is 4.74 Å². The van der Waals surface area contributed by atoms with Gasteiger partial charge >= 0.3 is 0 Å². The van der Waals surface area contributed by atoms with Crippen molar-refractivity contribution in [3.05, 3.63) is 46.6 Å². The summed E-state index contributed by atoms with van der Waals surface area (Å²) in [6, 6.07) is 9.91. The summed E-state index contributed by atoms with van der Waals surface area (Å²) in [5, 5.41) is 0.691. The van der Waals surface area contributed by atoms with Crippen LogP contribution in [0.2, 0.25) is 0 Å². The topological polar surface area (TPSA) is 80.7 Å². The number of benzene rings is 2. The molecule has 0 atom stereocenters.